The minimum absolute atomic E-state index is 0.345. The minimum atomic E-state index is 0.345. The van der Waals surface area contributed by atoms with E-state index < -0.39 is 0 Å². The van der Waals surface area contributed by atoms with Gasteiger partial charge in [0, 0.05) is 0 Å². The third-order valence-electron chi connectivity index (χ3n) is 2.84. The highest BCUT2D eigenvalue weighted by atomic mass is 15.5. The van der Waals surface area contributed by atoms with E-state index in [0.717, 1.165) is 16.6 Å². The van der Waals surface area contributed by atoms with Crippen molar-refractivity contribution in [1.82, 2.24) is 15.0 Å². The molecule has 94 valence electrons. The summed E-state index contributed by atoms with van der Waals surface area (Å²) in [6.07, 6.45) is 0. The molecule has 0 amide bonds. The number of aromatic nitrogens is 3. The molecule has 5 nitrogen and oxygen atoms in total. The summed E-state index contributed by atoms with van der Waals surface area (Å²) in [5.74, 6) is 0.345. The van der Waals surface area contributed by atoms with Gasteiger partial charge in [-0.1, -0.05) is 47.7 Å². The van der Waals surface area contributed by atoms with Gasteiger partial charge < -0.3 is 5.73 Å². The Labute approximate surface area is 110 Å². The van der Waals surface area contributed by atoms with Crippen molar-refractivity contribution < 1.29 is 0 Å². The van der Waals surface area contributed by atoms with Gasteiger partial charge in [-0.3, -0.25) is 0 Å². The predicted octanol–water partition coefficient (Wildman–Crippen LogP) is 1.79. The highest BCUT2D eigenvalue weighted by Gasteiger charge is 2.05. The molecule has 3 rings (SSSR count). The average Bonchev–Trinajstić information content (AvgIpc) is 2.90. The number of benzene rings is 2. The number of hydrogen-bond acceptors (Lipinski definition) is 3. The number of aliphatic imine (C=N–C) groups is 1. The summed E-state index contributed by atoms with van der Waals surface area (Å²) in [6.45, 7) is 0.529. The second-order valence-electron chi connectivity index (χ2n) is 4.15. The molecular weight excluding hydrogens is 238 g/mol. The molecule has 0 fully saturated rings. The van der Waals surface area contributed by atoms with Crippen LogP contribution in [-0.2, 0) is 6.54 Å². The maximum atomic E-state index is 5.96. The van der Waals surface area contributed by atoms with Gasteiger partial charge in [-0.2, -0.15) is 4.68 Å². The Morgan fingerprint density at radius 3 is 2.63 bits per heavy atom. The third kappa shape index (κ3) is 2.30. The lowest BCUT2D eigenvalue weighted by atomic mass is 10.2. The summed E-state index contributed by atoms with van der Waals surface area (Å²) >= 11 is 0. The normalized spacial score (nSPS) is 11.9. The Kier molecular flexibility index (Phi) is 2.94. The van der Waals surface area contributed by atoms with Crippen LogP contribution in [0.25, 0.3) is 11.0 Å². The van der Waals surface area contributed by atoms with E-state index >= 15 is 0 Å². The molecule has 19 heavy (non-hydrogen) atoms. The Morgan fingerprint density at radius 2 is 1.79 bits per heavy atom. The molecule has 0 atom stereocenters. The number of hydrogen-bond donors (Lipinski definition) is 1. The van der Waals surface area contributed by atoms with Crippen LogP contribution in [0.1, 0.15) is 5.56 Å². The fourth-order valence-electron chi connectivity index (χ4n) is 1.86. The second-order valence-corrected chi connectivity index (χ2v) is 4.15. The summed E-state index contributed by atoms with van der Waals surface area (Å²) in [5.41, 5.74) is 8.73. The van der Waals surface area contributed by atoms with E-state index in [2.05, 4.69) is 15.3 Å². The van der Waals surface area contributed by atoms with Gasteiger partial charge >= 0.3 is 0 Å². The van der Waals surface area contributed by atoms with E-state index in [1.54, 1.807) is 4.68 Å². The minimum Gasteiger partial charge on any atom is -0.368 e. The molecule has 0 spiro atoms. The van der Waals surface area contributed by atoms with Gasteiger partial charge in [0.2, 0.25) is 5.96 Å². The lowest BCUT2D eigenvalue weighted by Crippen LogP contribution is -2.23. The molecular formula is C14H13N5. The molecule has 0 saturated carbocycles. The largest absolute Gasteiger partial charge is 0.368 e. The Balaban J connectivity index is 1.89. The van der Waals surface area contributed by atoms with Gasteiger partial charge in [0.15, 0.2) is 0 Å². The van der Waals surface area contributed by atoms with Crippen molar-refractivity contribution in [2.24, 2.45) is 10.7 Å². The first-order valence-electron chi connectivity index (χ1n) is 5.99. The molecule has 0 aliphatic rings. The first kappa shape index (κ1) is 11.4. The van der Waals surface area contributed by atoms with E-state index in [-0.39, 0.29) is 0 Å². The first-order valence-corrected chi connectivity index (χ1v) is 5.99. The molecule has 0 bridgehead atoms. The van der Waals surface area contributed by atoms with E-state index in [9.17, 15) is 0 Å². The average molecular weight is 251 g/mol. The zero-order valence-electron chi connectivity index (χ0n) is 10.3. The van der Waals surface area contributed by atoms with E-state index in [1.807, 2.05) is 54.6 Å². The van der Waals surface area contributed by atoms with Crippen molar-refractivity contribution in [2.75, 3.05) is 0 Å². The van der Waals surface area contributed by atoms with E-state index in [1.165, 1.54) is 0 Å². The fraction of sp³-hybridized carbons (Fsp3) is 0.0714. The summed E-state index contributed by atoms with van der Waals surface area (Å²) in [5, 5.41) is 8.07. The molecule has 3 aromatic rings. The standard InChI is InChI=1S/C14H13N5/c15-14(16-10-11-6-2-1-3-7-11)19-13-9-5-4-8-12(13)17-18-19/h1-9H,10H2,(H2,15,16). The zero-order chi connectivity index (χ0) is 13.1. The summed E-state index contributed by atoms with van der Waals surface area (Å²) in [4.78, 5) is 4.34. The lowest BCUT2D eigenvalue weighted by Gasteiger charge is -2.01. The van der Waals surface area contributed by atoms with Gasteiger partial charge in [-0.15, -0.1) is 5.10 Å². The van der Waals surface area contributed by atoms with Crippen molar-refractivity contribution in [1.29, 1.82) is 0 Å². The van der Waals surface area contributed by atoms with Crippen LogP contribution in [-0.4, -0.2) is 21.0 Å². The Hall–Kier alpha value is -2.69. The van der Waals surface area contributed by atoms with Crippen LogP contribution >= 0.6 is 0 Å². The van der Waals surface area contributed by atoms with Crippen LogP contribution in [0.2, 0.25) is 0 Å². The Bertz CT molecular complexity index is 715. The predicted molar refractivity (Wildman–Crippen MR) is 74.7 cm³/mol. The molecule has 0 unspecified atom stereocenters. The number of para-hydroxylation sites is 1. The van der Waals surface area contributed by atoms with Crippen molar-refractivity contribution in [3.8, 4) is 0 Å². The quantitative estimate of drug-likeness (QED) is 0.557. The van der Waals surface area contributed by atoms with Gasteiger partial charge in [0.1, 0.15) is 5.52 Å². The maximum absolute atomic E-state index is 5.96. The van der Waals surface area contributed by atoms with Crippen molar-refractivity contribution in [3.63, 3.8) is 0 Å². The van der Waals surface area contributed by atoms with Gasteiger partial charge in [0.05, 0.1) is 12.1 Å². The van der Waals surface area contributed by atoms with Crippen LogP contribution in [0.5, 0.6) is 0 Å². The van der Waals surface area contributed by atoms with Gasteiger partial charge in [0.25, 0.3) is 0 Å². The molecule has 0 aliphatic heterocycles. The lowest BCUT2D eigenvalue weighted by molar-refractivity contribution is 0.842. The highest BCUT2D eigenvalue weighted by molar-refractivity contribution is 5.89. The molecule has 5 heteroatoms. The van der Waals surface area contributed by atoms with Crippen LogP contribution in [0.3, 0.4) is 0 Å². The Morgan fingerprint density at radius 1 is 1.05 bits per heavy atom. The molecule has 0 saturated heterocycles. The molecule has 0 aliphatic carbocycles. The van der Waals surface area contributed by atoms with Gasteiger partial charge in [-0.25, -0.2) is 4.99 Å². The molecule has 2 aromatic carbocycles. The second kappa shape index (κ2) is 4.89. The maximum Gasteiger partial charge on any atom is 0.218 e. The highest BCUT2D eigenvalue weighted by Crippen LogP contribution is 2.09. The first-order chi connectivity index (χ1) is 9.34. The summed E-state index contributed by atoms with van der Waals surface area (Å²) in [7, 11) is 0. The van der Waals surface area contributed by atoms with Gasteiger partial charge in [-0.05, 0) is 17.7 Å². The topological polar surface area (TPSA) is 69.1 Å². The van der Waals surface area contributed by atoms with Crippen LogP contribution < -0.4 is 5.73 Å². The summed E-state index contributed by atoms with van der Waals surface area (Å²) in [6, 6.07) is 17.6. The molecule has 1 aromatic heterocycles. The molecule has 1 heterocycles. The number of nitrogens with two attached hydrogens (primary N) is 1. The number of rotatable bonds is 2. The van der Waals surface area contributed by atoms with Crippen molar-refractivity contribution in [2.45, 2.75) is 6.54 Å². The smallest absolute Gasteiger partial charge is 0.218 e. The monoisotopic (exact) mass is 251 g/mol. The molecule has 0 radical (unpaired) electrons. The third-order valence-corrected chi connectivity index (χ3v) is 2.84. The van der Waals surface area contributed by atoms with Crippen molar-refractivity contribution >= 4 is 17.0 Å². The SMILES string of the molecule is NC(=NCc1ccccc1)n1nnc2ccccc21. The van der Waals surface area contributed by atoms with Crippen LogP contribution in [0.15, 0.2) is 59.6 Å². The van der Waals surface area contributed by atoms with Crippen LogP contribution in [0, 0.1) is 0 Å². The van der Waals surface area contributed by atoms with Crippen LogP contribution in [0.4, 0.5) is 0 Å². The van der Waals surface area contributed by atoms with E-state index in [4.69, 9.17) is 5.73 Å². The summed E-state index contributed by atoms with van der Waals surface area (Å²) < 4.78 is 1.55. The number of fused-ring (bicyclic) bond motifs is 1. The molecule has 2 N–H and O–H groups in total. The fourth-order valence-corrected chi connectivity index (χ4v) is 1.86. The van der Waals surface area contributed by atoms with E-state index in [0.29, 0.717) is 12.5 Å². The zero-order valence-corrected chi connectivity index (χ0v) is 10.3. The number of nitrogens with zero attached hydrogens (tertiary/aromatic N) is 4. The van der Waals surface area contributed by atoms with Crippen molar-refractivity contribution in [3.05, 3.63) is 60.2 Å².